The Labute approximate surface area is 115 Å². The highest BCUT2D eigenvalue weighted by Gasteiger charge is 2.27. The van der Waals surface area contributed by atoms with Crippen LogP contribution < -0.4 is 10.2 Å². The highest BCUT2D eigenvalue weighted by atomic mass is 35.5. The van der Waals surface area contributed by atoms with Crippen molar-refractivity contribution in [3.63, 3.8) is 0 Å². The molecule has 0 radical (unpaired) electrons. The molecule has 1 saturated heterocycles. The molecule has 18 heavy (non-hydrogen) atoms. The van der Waals surface area contributed by atoms with Crippen molar-refractivity contribution in [2.75, 3.05) is 24.5 Å². The fourth-order valence-electron chi connectivity index (χ4n) is 2.63. The number of rotatable bonds is 2. The zero-order valence-electron chi connectivity index (χ0n) is 11.6. The number of aryl methyl sites for hydroxylation is 1. The summed E-state index contributed by atoms with van der Waals surface area (Å²) in [5.41, 5.74) is 2.80. The van der Waals surface area contributed by atoms with E-state index in [9.17, 15) is 0 Å². The van der Waals surface area contributed by atoms with Crippen molar-refractivity contribution in [1.82, 2.24) is 5.32 Å². The molecular weight excluding hydrogens is 244 g/mol. The lowest BCUT2D eigenvalue weighted by molar-refractivity contribution is 0.366. The van der Waals surface area contributed by atoms with E-state index in [1.807, 2.05) is 6.07 Å². The Bertz CT molecular complexity index is 419. The fourth-order valence-corrected chi connectivity index (χ4v) is 2.86. The third kappa shape index (κ3) is 2.99. The summed E-state index contributed by atoms with van der Waals surface area (Å²) in [4.78, 5) is 2.50. The quantitative estimate of drug-likeness (QED) is 0.880. The first kappa shape index (κ1) is 13.7. The number of hydrogen-bond donors (Lipinski definition) is 1. The number of halogens is 1. The minimum atomic E-state index is 0.211. The van der Waals surface area contributed by atoms with Crippen LogP contribution in [0.3, 0.4) is 0 Å². The molecule has 2 rings (SSSR count). The van der Waals surface area contributed by atoms with Crippen LogP contribution in [0.5, 0.6) is 0 Å². The summed E-state index contributed by atoms with van der Waals surface area (Å²) >= 11 is 6.04. The third-order valence-corrected chi connectivity index (χ3v) is 4.21. The van der Waals surface area contributed by atoms with Gasteiger partial charge in [0.2, 0.25) is 0 Å². The van der Waals surface area contributed by atoms with E-state index < -0.39 is 0 Å². The Morgan fingerprint density at radius 2 is 2.22 bits per heavy atom. The third-order valence-electron chi connectivity index (χ3n) is 3.98. The van der Waals surface area contributed by atoms with Crippen molar-refractivity contribution in [3.05, 3.63) is 28.8 Å². The van der Waals surface area contributed by atoms with Gasteiger partial charge in [-0.3, -0.25) is 0 Å². The Morgan fingerprint density at radius 3 is 2.89 bits per heavy atom. The van der Waals surface area contributed by atoms with E-state index >= 15 is 0 Å². The van der Waals surface area contributed by atoms with Gasteiger partial charge < -0.3 is 10.2 Å². The lowest BCUT2D eigenvalue weighted by Gasteiger charge is -2.34. The Hall–Kier alpha value is -0.730. The van der Waals surface area contributed by atoms with Gasteiger partial charge in [-0.05, 0) is 57.0 Å². The molecule has 1 aliphatic rings. The number of anilines is 1. The molecule has 0 aromatic heterocycles. The zero-order valence-corrected chi connectivity index (χ0v) is 12.3. The molecule has 1 unspecified atom stereocenters. The van der Waals surface area contributed by atoms with Gasteiger partial charge in [-0.1, -0.05) is 18.5 Å². The molecule has 1 N–H and O–H groups in total. The second-order valence-electron chi connectivity index (χ2n) is 5.55. The largest absolute Gasteiger partial charge is 0.369 e. The van der Waals surface area contributed by atoms with Crippen LogP contribution in [-0.2, 0) is 0 Å². The Kier molecular flexibility index (Phi) is 4.18. The molecule has 1 atom stereocenters. The number of benzene rings is 1. The van der Waals surface area contributed by atoms with Gasteiger partial charge in [-0.2, -0.15) is 0 Å². The fraction of sp³-hybridized carbons (Fsp3) is 0.600. The molecule has 0 aliphatic carbocycles. The molecule has 100 valence electrons. The molecule has 0 amide bonds. The first-order valence-corrected chi connectivity index (χ1v) is 7.18. The van der Waals surface area contributed by atoms with E-state index in [0.717, 1.165) is 31.1 Å². The molecule has 2 nitrogen and oxygen atoms in total. The minimum absolute atomic E-state index is 0.211. The molecule has 0 saturated carbocycles. The smallest absolute Gasteiger partial charge is 0.0410 e. The van der Waals surface area contributed by atoms with E-state index in [1.54, 1.807) is 0 Å². The summed E-state index contributed by atoms with van der Waals surface area (Å²) in [5, 5.41) is 4.49. The SMILES string of the molecule is CCC1(C)CN(c2ccc(Cl)cc2C)CCCN1. The molecule has 1 aliphatic heterocycles. The summed E-state index contributed by atoms with van der Waals surface area (Å²) in [6, 6.07) is 6.20. The highest BCUT2D eigenvalue weighted by Crippen LogP contribution is 2.27. The van der Waals surface area contributed by atoms with Gasteiger partial charge in [0.25, 0.3) is 0 Å². The van der Waals surface area contributed by atoms with Crippen LogP contribution in [0.2, 0.25) is 5.02 Å². The summed E-state index contributed by atoms with van der Waals surface area (Å²) < 4.78 is 0. The van der Waals surface area contributed by atoms with Gasteiger partial charge in [0.1, 0.15) is 0 Å². The summed E-state index contributed by atoms with van der Waals surface area (Å²) in [7, 11) is 0. The second kappa shape index (κ2) is 5.50. The molecule has 3 heteroatoms. The molecule has 1 aromatic rings. The van der Waals surface area contributed by atoms with Crippen LogP contribution >= 0.6 is 11.6 Å². The van der Waals surface area contributed by atoms with Crippen LogP contribution in [0.15, 0.2) is 18.2 Å². The van der Waals surface area contributed by atoms with Crippen LogP contribution in [0.25, 0.3) is 0 Å². The average molecular weight is 267 g/mol. The van der Waals surface area contributed by atoms with Gasteiger partial charge in [-0.25, -0.2) is 0 Å². The maximum absolute atomic E-state index is 6.04. The molecule has 0 spiro atoms. The van der Waals surface area contributed by atoms with Gasteiger partial charge in [-0.15, -0.1) is 0 Å². The van der Waals surface area contributed by atoms with Crippen molar-refractivity contribution in [2.45, 2.75) is 39.2 Å². The number of hydrogen-bond acceptors (Lipinski definition) is 2. The molecule has 0 bridgehead atoms. The van der Waals surface area contributed by atoms with Crippen LogP contribution in [0, 0.1) is 6.92 Å². The maximum atomic E-state index is 6.04. The molecular formula is C15H23ClN2. The predicted molar refractivity (Wildman–Crippen MR) is 79.7 cm³/mol. The Balaban J connectivity index is 2.25. The predicted octanol–water partition coefficient (Wildman–Crippen LogP) is 3.62. The van der Waals surface area contributed by atoms with E-state index in [0.29, 0.717) is 0 Å². The van der Waals surface area contributed by atoms with Gasteiger partial charge in [0.15, 0.2) is 0 Å². The monoisotopic (exact) mass is 266 g/mol. The van der Waals surface area contributed by atoms with Crippen molar-refractivity contribution < 1.29 is 0 Å². The van der Waals surface area contributed by atoms with Crippen molar-refractivity contribution >= 4 is 17.3 Å². The lowest BCUT2D eigenvalue weighted by Crippen LogP contribution is -2.48. The van der Waals surface area contributed by atoms with Crippen LogP contribution in [0.4, 0.5) is 5.69 Å². The summed E-state index contributed by atoms with van der Waals surface area (Å²) in [5.74, 6) is 0. The summed E-state index contributed by atoms with van der Waals surface area (Å²) in [6.45, 7) is 10.00. The van der Waals surface area contributed by atoms with Crippen molar-refractivity contribution in [3.8, 4) is 0 Å². The van der Waals surface area contributed by atoms with E-state index in [-0.39, 0.29) is 5.54 Å². The first-order chi connectivity index (χ1) is 8.54. The molecule has 1 heterocycles. The van der Waals surface area contributed by atoms with Gasteiger partial charge in [0, 0.05) is 29.3 Å². The van der Waals surface area contributed by atoms with E-state index in [2.05, 4.69) is 43.1 Å². The molecule has 1 fully saturated rings. The highest BCUT2D eigenvalue weighted by molar-refractivity contribution is 6.30. The van der Waals surface area contributed by atoms with Gasteiger partial charge in [0.05, 0.1) is 0 Å². The standard InChI is InChI=1S/C15H23ClN2/c1-4-15(3)11-18(9-5-8-17-15)14-7-6-13(16)10-12(14)2/h6-7,10,17H,4-5,8-9,11H2,1-3H3. The number of nitrogens with one attached hydrogen (secondary N) is 1. The second-order valence-corrected chi connectivity index (χ2v) is 5.98. The zero-order chi connectivity index (χ0) is 13.2. The first-order valence-electron chi connectivity index (χ1n) is 6.80. The van der Waals surface area contributed by atoms with Crippen LogP contribution in [-0.4, -0.2) is 25.2 Å². The van der Waals surface area contributed by atoms with E-state index in [4.69, 9.17) is 11.6 Å². The topological polar surface area (TPSA) is 15.3 Å². The molecule has 1 aromatic carbocycles. The summed E-state index contributed by atoms with van der Waals surface area (Å²) in [6.07, 6.45) is 2.34. The van der Waals surface area contributed by atoms with E-state index in [1.165, 1.54) is 17.7 Å². The van der Waals surface area contributed by atoms with Gasteiger partial charge >= 0.3 is 0 Å². The van der Waals surface area contributed by atoms with Crippen molar-refractivity contribution in [2.24, 2.45) is 0 Å². The van der Waals surface area contributed by atoms with Crippen LogP contribution in [0.1, 0.15) is 32.3 Å². The maximum Gasteiger partial charge on any atom is 0.0410 e. The Morgan fingerprint density at radius 1 is 1.44 bits per heavy atom. The number of nitrogens with zero attached hydrogens (tertiary/aromatic N) is 1. The van der Waals surface area contributed by atoms with Crippen molar-refractivity contribution in [1.29, 1.82) is 0 Å². The normalized spacial score (nSPS) is 25.0. The minimum Gasteiger partial charge on any atom is -0.369 e. The average Bonchev–Trinajstić information content (AvgIpc) is 2.52. The lowest BCUT2D eigenvalue weighted by atomic mass is 9.98.